The molecule has 4 rings (SSSR count). The lowest BCUT2D eigenvalue weighted by molar-refractivity contribution is -0.119. The summed E-state index contributed by atoms with van der Waals surface area (Å²) in [6, 6.07) is 12.4. The molecular weight excluding hydrogens is 409 g/mol. The average molecular weight is 431 g/mol. The maximum absolute atomic E-state index is 13.1. The van der Waals surface area contributed by atoms with Crippen molar-refractivity contribution in [3.8, 4) is 0 Å². The predicted molar refractivity (Wildman–Crippen MR) is 111 cm³/mol. The smallest absolute Gasteiger partial charge is 0.254 e. The van der Waals surface area contributed by atoms with Crippen LogP contribution in [0, 0.1) is 11.7 Å². The molecule has 158 valence electrons. The van der Waals surface area contributed by atoms with Crippen molar-refractivity contribution in [3.05, 3.63) is 59.9 Å². The molecule has 9 heteroatoms. The SMILES string of the molecule is CC1CS(=O)(=O)N(c2cccc(C(=O)N3CCN(c4ccc(F)cc4)CC3)c2)C1=O. The van der Waals surface area contributed by atoms with E-state index in [4.69, 9.17) is 0 Å². The lowest BCUT2D eigenvalue weighted by atomic mass is 10.1. The van der Waals surface area contributed by atoms with E-state index in [2.05, 4.69) is 4.90 Å². The minimum atomic E-state index is -3.72. The van der Waals surface area contributed by atoms with Crippen LogP contribution in [0.5, 0.6) is 0 Å². The third-order valence-corrected chi connectivity index (χ3v) is 7.32. The largest absolute Gasteiger partial charge is 0.368 e. The molecule has 2 aliphatic heterocycles. The van der Waals surface area contributed by atoms with E-state index >= 15 is 0 Å². The number of amides is 2. The fourth-order valence-electron chi connectivity index (χ4n) is 3.85. The van der Waals surface area contributed by atoms with E-state index in [-0.39, 0.29) is 23.2 Å². The van der Waals surface area contributed by atoms with Gasteiger partial charge in [0, 0.05) is 37.4 Å². The first kappa shape index (κ1) is 20.3. The van der Waals surface area contributed by atoms with Crippen LogP contribution in [0.2, 0.25) is 0 Å². The van der Waals surface area contributed by atoms with Crippen molar-refractivity contribution in [2.24, 2.45) is 5.92 Å². The Balaban J connectivity index is 1.48. The number of carbonyl (C=O) groups excluding carboxylic acids is 2. The van der Waals surface area contributed by atoms with Crippen LogP contribution in [-0.4, -0.2) is 57.1 Å². The number of sulfonamides is 1. The zero-order chi connectivity index (χ0) is 21.5. The second-order valence-corrected chi connectivity index (χ2v) is 9.45. The standard InChI is InChI=1S/C21H22FN3O4S/c1-15-14-30(28,29)25(20(15)26)19-4-2-3-16(13-19)21(27)24-11-9-23(10-12-24)18-7-5-17(22)6-8-18/h2-8,13,15H,9-12,14H2,1H3. The number of rotatable bonds is 3. The zero-order valence-electron chi connectivity index (χ0n) is 16.5. The van der Waals surface area contributed by atoms with Gasteiger partial charge in [0.1, 0.15) is 5.82 Å². The molecule has 2 fully saturated rings. The van der Waals surface area contributed by atoms with Gasteiger partial charge in [0.15, 0.2) is 0 Å². The molecule has 2 saturated heterocycles. The van der Waals surface area contributed by atoms with Gasteiger partial charge in [0.2, 0.25) is 15.9 Å². The molecule has 0 spiro atoms. The fourth-order valence-corrected chi connectivity index (χ4v) is 5.67. The Morgan fingerprint density at radius 2 is 1.67 bits per heavy atom. The summed E-state index contributed by atoms with van der Waals surface area (Å²) in [5, 5.41) is 0. The van der Waals surface area contributed by atoms with Crippen molar-refractivity contribution in [1.82, 2.24) is 4.90 Å². The van der Waals surface area contributed by atoms with Crippen molar-refractivity contribution in [3.63, 3.8) is 0 Å². The van der Waals surface area contributed by atoms with E-state index in [1.807, 2.05) is 0 Å². The van der Waals surface area contributed by atoms with Gasteiger partial charge in [0.25, 0.3) is 5.91 Å². The van der Waals surface area contributed by atoms with Crippen LogP contribution in [0.15, 0.2) is 48.5 Å². The molecule has 0 bridgehead atoms. The number of halogens is 1. The molecule has 0 radical (unpaired) electrons. The second-order valence-electron chi connectivity index (χ2n) is 7.59. The van der Waals surface area contributed by atoms with Crippen molar-refractivity contribution in [2.45, 2.75) is 6.92 Å². The van der Waals surface area contributed by atoms with Gasteiger partial charge in [-0.1, -0.05) is 13.0 Å². The first-order valence-electron chi connectivity index (χ1n) is 9.73. The number of carbonyl (C=O) groups is 2. The molecule has 1 unspecified atom stereocenters. The molecule has 2 amide bonds. The lowest BCUT2D eigenvalue weighted by Gasteiger charge is -2.36. The number of hydrogen-bond donors (Lipinski definition) is 0. The Bertz CT molecular complexity index is 1080. The van der Waals surface area contributed by atoms with Gasteiger partial charge >= 0.3 is 0 Å². The van der Waals surface area contributed by atoms with Gasteiger partial charge in [-0.15, -0.1) is 0 Å². The van der Waals surface area contributed by atoms with Crippen molar-refractivity contribution in [2.75, 3.05) is 41.1 Å². The van der Waals surface area contributed by atoms with E-state index in [0.717, 1.165) is 9.99 Å². The Hall–Kier alpha value is -2.94. The topological polar surface area (TPSA) is 78.0 Å². The summed E-state index contributed by atoms with van der Waals surface area (Å²) >= 11 is 0. The molecule has 2 aromatic rings. The summed E-state index contributed by atoms with van der Waals surface area (Å²) in [5.74, 6) is -1.82. The summed E-state index contributed by atoms with van der Waals surface area (Å²) in [5.41, 5.74) is 1.43. The fraction of sp³-hybridized carbons (Fsp3) is 0.333. The van der Waals surface area contributed by atoms with Crippen molar-refractivity contribution >= 4 is 33.2 Å². The Kier molecular flexibility index (Phi) is 5.23. The van der Waals surface area contributed by atoms with Crippen LogP contribution >= 0.6 is 0 Å². The van der Waals surface area contributed by atoms with Gasteiger partial charge in [0.05, 0.1) is 17.4 Å². The molecule has 2 aromatic carbocycles. The summed E-state index contributed by atoms with van der Waals surface area (Å²) in [7, 11) is -3.72. The Labute approximate surface area is 174 Å². The highest BCUT2D eigenvalue weighted by Crippen LogP contribution is 2.29. The van der Waals surface area contributed by atoms with E-state index in [9.17, 15) is 22.4 Å². The van der Waals surface area contributed by atoms with Crippen LogP contribution in [0.25, 0.3) is 0 Å². The van der Waals surface area contributed by atoms with Gasteiger partial charge in [-0.25, -0.2) is 17.1 Å². The Morgan fingerprint density at radius 3 is 2.27 bits per heavy atom. The molecule has 1 atom stereocenters. The first-order chi connectivity index (χ1) is 14.3. The maximum atomic E-state index is 13.1. The molecule has 0 N–H and O–H groups in total. The molecule has 0 aromatic heterocycles. The van der Waals surface area contributed by atoms with Gasteiger partial charge in [-0.2, -0.15) is 0 Å². The van der Waals surface area contributed by atoms with Crippen LogP contribution in [0.1, 0.15) is 17.3 Å². The molecule has 0 aliphatic carbocycles. The third kappa shape index (κ3) is 3.77. The maximum Gasteiger partial charge on any atom is 0.254 e. The lowest BCUT2D eigenvalue weighted by Crippen LogP contribution is -2.48. The number of hydrogen-bond acceptors (Lipinski definition) is 5. The zero-order valence-corrected chi connectivity index (χ0v) is 17.3. The van der Waals surface area contributed by atoms with E-state index in [1.54, 1.807) is 36.1 Å². The quantitative estimate of drug-likeness (QED) is 0.744. The van der Waals surface area contributed by atoms with Crippen LogP contribution in [0.4, 0.5) is 15.8 Å². The van der Waals surface area contributed by atoms with Gasteiger partial charge < -0.3 is 9.80 Å². The number of nitrogens with zero attached hydrogens (tertiary/aromatic N) is 3. The predicted octanol–water partition coefficient (Wildman–Crippen LogP) is 2.10. The van der Waals surface area contributed by atoms with E-state index < -0.39 is 21.8 Å². The van der Waals surface area contributed by atoms with E-state index in [1.165, 1.54) is 24.3 Å². The Morgan fingerprint density at radius 1 is 1.00 bits per heavy atom. The molecule has 2 aliphatic rings. The van der Waals surface area contributed by atoms with Crippen LogP contribution < -0.4 is 9.21 Å². The molecule has 30 heavy (non-hydrogen) atoms. The van der Waals surface area contributed by atoms with Crippen molar-refractivity contribution in [1.29, 1.82) is 0 Å². The highest BCUT2D eigenvalue weighted by molar-refractivity contribution is 7.94. The average Bonchev–Trinajstić information content (AvgIpc) is 2.94. The summed E-state index contributed by atoms with van der Waals surface area (Å²) in [4.78, 5) is 29.1. The first-order valence-corrected chi connectivity index (χ1v) is 11.3. The third-order valence-electron chi connectivity index (χ3n) is 5.45. The van der Waals surface area contributed by atoms with E-state index in [0.29, 0.717) is 31.7 Å². The summed E-state index contributed by atoms with van der Waals surface area (Å²) in [6.07, 6.45) is 0. The summed E-state index contributed by atoms with van der Waals surface area (Å²) in [6.45, 7) is 3.76. The summed E-state index contributed by atoms with van der Waals surface area (Å²) < 4.78 is 38.6. The number of benzene rings is 2. The monoisotopic (exact) mass is 431 g/mol. The molecule has 0 saturated carbocycles. The van der Waals surface area contributed by atoms with Crippen LogP contribution in [-0.2, 0) is 14.8 Å². The number of anilines is 2. The van der Waals surface area contributed by atoms with Crippen molar-refractivity contribution < 1.29 is 22.4 Å². The minimum absolute atomic E-state index is 0.195. The number of piperazine rings is 1. The molecular formula is C21H22FN3O4S. The molecule has 2 heterocycles. The normalized spacial score (nSPS) is 21.2. The molecule has 7 nitrogen and oxygen atoms in total. The van der Waals surface area contributed by atoms with Gasteiger partial charge in [-0.05, 0) is 42.5 Å². The second kappa shape index (κ2) is 7.71. The van der Waals surface area contributed by atoms with Gasteiger partial charge in [-0.3, -0.25) is 9.59 Å². The highest BCUT2D eigenvalue weighted by atomic mass is 32.2. The highest BCUT2D eigenvalue weighted by Gasteiger charge is 2.42. The minimum Gasteiger partial charge on any atom is -0.368 e. The van der Waals surface area contributed by atoms with Crippen LogP contribution in [0.3, 0.4) is 0 Å².